The number of piperazine rings is 2. The van der Waals surface area contributed by atoms with Crippen molar-refractivity contribution >= 4 is 11.8 Å². The number of amides is 2. The summed E-state index contributed by atoms with van der Waals surface area (Å²) in [4.78, 5) is 38.4. The van der Waals surface area contributed by atoms with Crippen LogP contribution in [0.2, 0.25) is 0 Å². The number of rotatable bonds is 6. The van der Waals surface area contributed by atoms with E-state index in [0.29, 0.717) is 44.2 Å². The Morgan fingerprint density at radius 3 is 2.19 bits per heavy atom. The predicted octanol–water partition coefficient (Wildman–Crippen LogP) is 0.553. The molecule has 3 aliphatic rings. The van der Waals surface area contributed by atoms with Gasteiger partial charge < -0.3 is 19.3 Å². The molecule has 1 aromatic heterocycles. The zero-order valence-electron chi connectivity index (χ0n) is 18.6. The van der Waals surface area contributed by atoms with Crippen molar-refractivity contribution in [2.24, 2.45) is 0 Å². The van der Waals surface area contributed by atoms with Crippen LogP contribution in [0.15, 0.2) is 12.1 Å². The number of hydrogen-bond acceptors (Lipinski definition) is 7. The molecule has 2 amide bonds. The summed E-state index contributed by atoms with van der Waals surface area (Å²) in [5.74, 6) is 0.771. The molecule has 3 heterocycles. The van der Waals surface area contributed by atoms with Gasteiger partial charge in [-0.25, -0.2) is 0 Å². The second kappa shape index (κ2) is 9.82. The van der Waals surface area contributed by atoms with Gasteiger partial charge in [0.1, 0.15) is 5.56 Å². The summed E-state index contributed by atoms with van der Waals surface area (Å²) >= 11 is 0. The molecule has 2 saturated heterocycles. The van der Waals surface area contributed by atoms with Gasteiger partial charge in [-0.2, -0.15) is 4.98 Å². The summed E-state index contributed by atoms with van der Waals surface area (Å²) < 4.78 is 10.4. The smallest absolute Gasteiger partial charge is 0.259 e. The first kappa shape index (κ1) is 21.8. The fraction of sp³-hybridized carbons (Fsp3) is 0.682. The second-order valence-corrected chi connectivity index (χ2v) is 8.48. The zero-order chi connectivity index (χ0) is 21.8. The lowest BCUT2D eigenvalue weighted by atomic mass is 9.91. The van der Waals surface area contributed by atoms with Gasteiger partial charge in [-0.05, 0) is 18.9 Å². The Kier molecular flexibility index (Phi) is 6.92. The molecule has 0 unspecified atom stereocenters. The fourth-order valence-electron chi connectivity index (χ4n) is 4.51. The Labute approximate surface area is 183 Å². The molecule has 3 fully saturated rings. The SMILES string of the molecule is COc1ccc(C(=O)N2CCN(CC(=O)N3CCN(C4CCC4)CC3)CC2)c(OC)n1. The molecule has 9 heteroatoms. The number of carbonyl (C=O) groups excluding carboxylic acids is 2. The number of pyridine rings is 1. The van der Waals surface area contributed by atoms with Crippen molar-refractivity contribution in [2.45, 2.75) is 25.3 Å². The maximum Gasteiger partial charge on any atom is 0.259 e. The average molecular weight is 432 g/mol. The minimum atomic E-state index is -0.106. The van der Waals surface area contributed by atoms with Crippen LogP contribution in [0.5, 0.6) is 11.8 Å². The van der Waals surface area contributed by atoms with Crippen LogP contribution in [-0.4, -0.2) is 116 Å². The first-order valence-electron chi connectivity index (χ1n) is 11.2. The molecule has 0 radical (unpaired) electrons. The third kappa shape index (κ3) is 4.93. The molecule has 2 aliphatic heterocycles. The number of ether oxygens (including phenoxy) is 2. The van der Waals surface area contributed by atoms with Crippen molar-refractivity contribution in [1.82, 2.24) is 24.6 Å². The molecule has 0 atom stereocenters. The molecular formula is C22H33N5O4. The van der Waals surface area contributed by atoms with Gasteiger partial charge in [0.2, 0.25) is 17.7 Å². The van der Waals surface area contributed by atoms with Gasteiger partial charge in [0, 0.05) is 64.5 Å². The quantitative estimate of drug-likeness (QED) is 0.651. The monoisotopic (exact) mass is 431 g/mol. The van der Waals surface area contributed by atoms with Gasteiger partial charge in [-0.15, -0.1) is 0 Å². The Morgan fingerprint density at radius 2 is 1.61 bits per heavy atom. The Morgan fingerprint density at radius 1 is 0.935 bits per heavy atom. The fourth-order valence-corrected chi connectivity index (χ4v) is 4.51. The lowest BCUT2D eigenvalue weighted by molar-refractivity contribution is -0.135. The number of carbonyl (C=O) groups is 2. The average Bonchev–Trinajstić information content (AvgIpc) is 2.78. The first-order chi connectivity index (χ1) is 15.1. The van der Waals surface area contributed by atoms with E-state index in [4.69, 9.17) is 9.47 Å². The molecule has 0 N–H and O–H groups in total. The van der Waals surface area contributed by atoms with Crippen molar-refractivity contribution in [3.05, 3.63) is 17.7 Å². The highest BCUT2D eigenvalue weighted by atomic mass is 16.5. The number of methoxy groups -OCH3 is 2. The van der Waals surface area contributed by atoms with Gasteiger partial charge in [0.15, 0.2) is 0 Å². The summed E-state index contributed by atoms with van der Waals surface area (Å²) in [5.41, 5.74) is 0.428. The van der Waals surface area contributed by atoms with E-state index in [-0.39, 0.29) is 17.7 Å². The van der Waals surface area contributed by atoms with E-state index in [1.807, 2.05) is 4.90 Å². The van der Waals surface area contributed by atoms with E-state index in [1.54, 1.807) is 17.0 Å². The molecule has 1 aliphatic carbocycles. The van der Waals surface area contributed by atoms with Gasteiger partial charge >= 0.3 is 0 Å². The molecule has 0 aromatic carbocycles. The molecular weight excluding hydrogens is 398 g/mol. The number of nitrogens with zero attached hydrogens (tertiary/aromatic N) is 5. The Bertz CT molecular complexity index is 784. The largest absolute Gasteiger partial charge is 0.481 e. The van der Waals surface area contributed by atoms with Gasteiger partial charge in [-0.3, -0.25) is 19.4 Å². The summed E-state index contributed by atoms with van der Waals surface area (Å²) in [6.45, 7) is 6.62. The number of hydrogen-bond donors (Lipinski definition) is 0. The first-order valence-corrected chi connectivity index (χ1v) is 11.2. The number of aromatic nitrogens is 1. The van der Waals surface area contributed by atoms with E-state index in [1.165, 1.54) is 33.5 Å². The molecule has 0 bridgehead atoms. The van der Waals surface area contributed by atoms with Gasteiger partial charge in [0.05, 0.1) is 20.8 Å². The van der Waals surface area contributed by atoms with E-state index in [9.17, 15) is 9.59 Å². The van der Waals surface area contributed by atoms with Crippen LogP contribution in [0.25, 0.3) is 0 Å². The third-order valence-corrected chi connectivity index (χ3v) is 6.74. The third-order valence-electron chi connectivity index (χ3n) is 6.74. The maximum atomic E-state index is 12.9. The Balaban J connectivity index is 1.24. The second-order valence-electron chi connectivity index (χ2n) is 8.48. The molecule has 31 heavy (non-hydrogen) atoms. The summed E-state index contributed by atoms with van der Waals surface area (Å²) in [6.07, 6.45) is 3.98. The lowest BCUT2D eigenvalue weighted by Crippen LogP contribution is -2.56. The van der Waals surface area contributed by atoms with Crippen molar-refractivity contribution < 1.29 is 19.1 Å². The van der Waals surface area contributed by atoms with Crippen LogP contribution in [-0.2, 0) is 4.79 Å². The molecule has 9 nitrogen and oxygen atoms in total. The topological polar surface area (TPSA) is 78.5 Å². The van der Waals surface area contributed by atoms with E-state index < -0.39 is 0 Å². The standard InChI is InChI=1S/C22H33N5O4/c1-30-19-7-6-18(21(23-19)31-2)22(29)27-10-8-24(9-11-27)16-20(28)26-14-12-25(13-15-26)17-4-3-5-17/h6-7,17H,3-5,8-16H2,1-2H3. The van der Waals surface area contributed by atoms with Crippen LogP contribution in [0.1, 0.15) is 29.6 Å². The minimum Gasteiger partial charge on any atom is -0.481 e. The van der Waals surface area contributed by atoms with E-state index in [2.05, 4.69) is 14.8 Å². The van der Waals surface area contributed by atoms with Gasteiger partial charge in [-0.1, -0.05) is 6.42 Å². The van der Waals surface area contributed by atoms with Crippen molar-refractivity contribution in [3.8, 4) is 11.8 Å². The normalized spacial score (nSPS) is 21.0. The lowest BCUT2D eigenvalue weighted by Gasteiger charge is -2.43. The van der Waals surface area contributed by atoms with Crippen molar-refractivity contribution in [3.63, 3.8) is 0 Å². The van der Waals surface area contributed by atoms with Crippen LogP contribution in [0, 0.1) is 0 Å². The molecule has 4 rings (SSSR count). The van der Waals surface area contributed by atoms with E-state index in [0.717, 1.165) is 32.2 Å². The highest BCUT2D eigenvalue weighted by Crippen LogP contribution is 2.25. The maximum absolute atomic E-state index is 12.9. The van der Waals surface area contributed by atoms with Crippen molar-refractivity contribution in [2.75, 3.05) is 73.1 Å². The minimum absolute atomic E-state index is 0.106. The molecule has 0 spiro atoms. The summed E-state index contributed by atoms with van der Waals surface area (Å²) in [7, 11) is 3.02. The van der Waals surface area contributed by atoms with Crippen LogP contribution >= 0.6 is 0 Å². The van der Waals surface area contributed by atoms with E-state index >= 15 is 0 Å². The van der Waals surface area contributed by atoms with Crippen LogP contribution in [0.4, 0.5) is 0 Å². The van der Waals surface area contributed by atoms with Crippen LogP contribution < -0.4 is 9.47 Å². The summed E-state index contributed by atoms with van der Waals surface area (Å²) in [5, 5.41) is 0. The van der Waals surface area contributed by atoms with Crippen LogP contribution in [0.3, 0.4) is 0 Å². The molecule has 1 aromatic rings. The predicted molar refractivity (Wildman–Crippen MR) is 115 cm³/mol. The zero-order valence-corrected chi connectivity index (χ0v) is 18.6. The Hall–Kier alpha value is -2.39. The highest BCUT2D eigenvalue weighted by Gasteiger charge is 2.31. The summed E-state index contributed by atoms with van der Waals surface area (Å²) in [6, 6.07) is 4.10. The molecule has 1 saturated carbocycles. The van der Waals surface area contributed by atoms with Crippen molar-refractivity contribution in [1.29, 1.82) is 0 Å². The van der Waals surface area contributed by atoms with Gasteiger partial charge in [0.25, 0.3) is 5.91 Å². The highest BCUT2D eigenvalue weighted by molar-refractivity contribution is 5.96. The molecule has 170 valence electrons.